The number of rotatable bonds is 5. The number of hydrogen-bond acceptors (Lipinski definition) is 3. The van der Waals surface area contributed by atoms with Crippen molar-refractivity contribution in [2.75, 3.05) is 0 Å². The summed E-state index contributed by atoms with van der Waals surface area (Å²) in [6.07, 6.45) is 0. The molecule has 0 aliphatic carbocycles. The Morgan fingerprint density at radius 1 is 1.12 bits per heavy atom. The van der Waals surface area contributed by atoms with E-state index in [4.69, 9.17) is 0 Å². The average Bonchev–Trinajstić information content (AvgIpc) is 2.92. The number of Topliss-reactive ketones (excluding diaryl/α,β-unsaturated/α-hetero) is 1. The molecular weight excluding hydrogens is 324 g/mol. The summed E-state index contributed by atoms with van der Waals surface area (Å²) in [4.78, 5) is 14.7. The number of sulfonamides is 1. The second-order valence-corrected chi connectivity index (χ2v) is 7.55. The van der Waals surface area contributed by atoms with E-state index in [0.29, 0.717) is 5.56 Å². The average molecular weight is 342 g/mol. The van der Waals surface area contributed by atoms with E-state index in [9.17, 15) is 13.2 Å². The topological polar surface area (TPSA) is 79.0 Å². The van der Waals surface area contributed by atoms with E-state index in [0.717, 1.165) is 22.2 Å². The molecule has 0 aliphatic rings. The Hall–Kier alpha value is -2.44. The molecule has 0 radical (unpaired) electrons. The van der Waals surface area contributed by atoms with Gasteiger partial charge in [-0.15, -0.1) is 0 Å². The van der Waals surface area contributed by atoms with Gasteiger partial charge in [-0.1, -0.05) is 18.2 Å². The lowest BCUT2D eigenvalue weighted by molar-refractivity contribution is 0.101. The Bertz CT molecular complexity index is 1020. The number of benzene rings is 2. The second kappa shape index (κ2) is 6.22. The lowest BCUT2D eigenvalue weighted by Gasteiger charge is -2.08. The molecule has 0 fully saturated rings. The molecule has 0 saturated carbocycles. The van der Waals surface area contributed by atoms with Crippen LogP contribution in [0, 0.1) is 6.92 Å². The predicted molar refractivity (Wildman–Crippen MR) is 93.5 cm³/mol. The minimum atomic E-state index is -3.67. The summed E-state index contributed by atoms with van der Waals surface area (Å²) in [5, 5.41) is 1.04. The first-order valence-corrected chi connectivity index (χ1v) is 9.02. The molecule has 2 N–H and O–H groups in total. The predicted octanol–water partition coefficient (Wildman–Crippen LogP) is 3.16. The smallest absolute Gasteiger partial charge is 0.240 e. The van der Waals surface area contributed by atoms with E-state index in [1.807, 2.05) is 31.2 Å². The number of carbonyl (C=O) groups excluding carboxylic acids is 1. The minimum Gasteiger partial charge on any atom is -0.359 e. The summed E-state index contributed by atoms with van der Waals surface area (Å²) in [6.45, 7) is 3.57. The molecule has 0 unspecified atom stereocenters. The molecule has 1 aromatic heterocycles. The van der Waals surface area contributed by atoms with Gasteiger partial charge in [-0.25, -0.2) is 13.1 Å². The third-order valence-electron chi connectivity index (χ3n) is 3.84. The van der Waals surface area contributed by atoms with Gasteiger partial charge in [-0.05, 0) is 55.1 Å². The van der Waals surface area contributed by atoms with E-state index in [2.05, 4.69) is 9.71 Å². The summed E-state index contributed by atoms with van der Waals surface area (Å²) in [7, 11) is -3.67. The molecule has 2 aromatic carbocycles. The van der Waals surface area contributed by atoms with E-state index < -0.39 is 10.0 Å². The third-order valence-corrected chi connectivity index (χ3v) is 5.24. The fraction of sp³-hybridized carbons (Fsp3) is 0.167. The molecule has 5 nitrogen and oxygen atoms in total. The molecule has 6 heteroatoms. The summed E-state index contributed by atoms with van der Waals surface area (Å²) >= 11 is 0. The van der Waals surface area contributed by atoms with E-state index >= 15 is 0 Å². The Labute approximate surface area is 140 Å². The maximum atomic E-state index is 12.4. The zero-order valence-electron chi connectivity index (χ0n) is 13.5. The van der Waals surface area contributed by atoms with Gasteiger partial charge in [0.25, 0.3) is 0 Å². The molecule has 0 aliphatic heterocycles. The maximum absolute atomic E-state index is 12.4. The largest absolute Gasteiger partial charge is 0.359 e. The van der Waals surface area contributed by atoms with Gasteiger partial charge in [0.05, 0.1) is 4.90 Å². The lowest BCUT2D eigenvalue weighted by atomic mass is 10.1. The van der Waals surface area contributed by atoms with Crippen LogP contribution in [0.5, 0.6) is 0 Å². The van der Waals surface area contributed by atoms with Crippen LogP contribution in [0.4, 0.5) is 0 Å². The Kier molecular flexibility index (Phi) is 4.26. The van der Waals surface area contributed by atoms with Gasteiger partial charge >= 0.3 is 0 Å². The van der Waals surface area contributed by atoms with Crippen LogP contribution >= 0.6 is 0 Å². The highest BCUT2D eigenvalue weighted by Gasteiger charge is 2.15. The zero-order chi connectivity index (χ0) is 17.3. The summed E-state index contributed by atoms with van der Waals surface area (Å²) in [6, 6.07) is 13.8. The van der Waals surface area contributed by atoms with Crippen LogP contribution in [0.15, 0.2) is 53.4 Å². The van der Waals surface area contributed by atoms with Crippen LogP contribution in [0.1, 0.15) is 28.5 Å². The van der Waals surface area contributed by atoms with Gasteiger partial charge in [0.1, 0.15) is 0 Å². The number of nitrogens with one attached hydrogen (secondary N) is 2. The molecule has 24 heavy (non-hydrogen) atoms. The number of aryl methyl sites for hydroxylation is 1. The standard InChI is InChI=1S/C18H18N2O3S/c1-12-8-16-9-14(6-7-18(16)20-12)11-19-24(22,23)17-5-3-4-15(10-17)13(2)21/h3-10,19-20H,11H2,1-2H3. The van der Waals surface area contributed by atoms with Gasteiger partial charge in [-0.2, -0.15) is 0 Å². The van der Waals surface area contributed by atoms with Crippen molar-refractivity contribution in [3.8, 4) is 0 Å². The zero-order valence-corrected chi connectivity index (χ0v) is 14.3. The molecule has 124 valence electrons. The van der Waals surface area contributed by atoms with Crippen molar-refractivity contribution < 1.29 is 13.2 Å². The van der Waals surface area contributed by atoms with Crippen molar-refractivity contribution in [1.29, 1.82) is 0 Å². The van der Waals surface area contributed by atoms with Gasteiger partial charge in [-0.3, -0.25) is 4.79 Å². The first-order chi connectivity index (χ1) is 11.3. The molecule has 1 heterocycles. The van der Waals surface area contributed by atoms with Crippen LogP contribution < -0.4 is 4.72 Å². The second-order valence-electron chi connectivity index (χ2n) is 5.78. The van der Waals surface area contributed by atoms with Crippen LogP contribution in [-0.4, -0.2) is 19.2 Å². The highest BCUT2D eigenvalue weighted by Crippen LogP contribution is 2.18. The number of H-pyrrole nitrogens is 1. The van der Waals surface area contributed by atoms with Crippen molar-refractivity contribution >= 4 is 26.7 Å². The van der Waals surface area contributed by atoms with Crippen molar-refractivity contribution in [2.45, 2.75) is 25.3 Å². The summed E-state index contributed by atoms with van der Waals surface area (Å²) in [5.74, 6) is -0.166. The number of ketones is 1. The summed E-state index contributed by atoms with van der Waals surface area (Å²) < 4.78 is 27.4. The molecule has 0 saturated heterocycles. The molecular formula is C18H18N2O3S. The molecule has 3 rings (SSSR count). The monoisotopic (exact) mass is 342 g/mol. The minimum absolute atomic E-state index is 0.0915. The van der Waals surface area contributed by atoms with Crippen LogP contribution in [0.3, 0.4) is 0 Å². The molecule has 0 amide bonds. The molecule has 0 bridgehead atoms. The first kappa shape index (κ1) is 16.4. The fourth-order valence-electron chi connectivity index (χ4n) is 2.58. The first-order valence-electron chi connectivity index (χ1n) is 7.54. The highest BCUT2D eigenvalue weighted by atomic mass is 32.2. The van der Waals surface area contributed by atoms with Crippen LogP contribution in [0.2, 0.25) is 0 Å². The third kappa shape index (κ3) is 3.39. The Morgan fingerprint density at radius 3 is 2.67 bits per heavy atom. The molecule has 3 aromatic rings. The van der Waals surface area contributed by atoms with Crippen molar-refractivity contribution in [1.82, 2.24) is 9.71 Å². The molecule has 0 atom stereocenters. The fourth-order valence-corrected chi connectivity index (χ4v) is 3.64. The summed E-state index contributed by atoms with van der Waals surface area (Å²) in [5.41, 5.74) is 3.33. The van der Waals surface area contributed by atoms with Crippen LogP contribution in [0.25, 0.3) is 10.9 Å². The lowest BCUT2D eigenvalue weighted by Crippen LogP contribution is -2.23. The van der Waals surface area contributed by atoms with Gasteiger partial charge < -0.3 is 4.98 Å². The van der Waals surface area contributed by atoms with Crippen molar-refractivity contribution in [2.24, 2.45) is 0 Å². The number of carbonyl (C=O) groups is 1. The number of fused-ring (bicyclic) bond motifs is 1. The normalized spacial score (nSPS) is 11.8. The van der Waals surface area contributed by atoms with Gasteiger partial charge in [0.2, 0.25) is 10.0 Å². The van der Waals surface area contributed by atoms with E-state index in [1.54, 1.807) is 12.1 Å². The number of aromatic nitrogens is 1. The SMILES string of the molecule is CC(=O)c1cccc(S(=O)(=O)NCc2ccc3[nH]c(C)cc3c2)c1. The quantitative estimate of drug-likeness (QED) is 0.699. The maximum Gasteiger partial charge on any atom is 0.240 e. The van der Waals surface area contributed by atoms with Crippen molar-refractivity contribution in [3.05, 3.63) is 65.4 Å². The highest BCUT2D eigenvalue weighted by molar-refractivity contribution is 7.89. The Morgan fingerprint density at radius 2 is 1.92 bits per heavy atom. The number of hydrogen-bond donors (Lipinski definition) is 2. The molecule has 0 spiro atoms. The Balaban J connectivity index is 1.81. The van der Waals surface area contributed by atoms with Crippen LogP contribution in [-0.2, 0) is 16.6 Å². The van der Waals surface area contributed by atoms with E-state index in [1.165, 1.54) is 19.1 Å². The van der Waals surface area contributed by atoms with E-state index in [-0.39, 0.29) is 17.2 Å². The van der Waals surface area contributed by atoms with Gasteiger partial charge in [0, 0.05) is 23.3 Å². The number of aromatic amines is 1. The van der Waals surface area contributed by atoms with Crippen molar-refractivity contribution in [3.63, 3.8) is 0 Å². The van der Waals surface area contributed by atoms with Gasteiger partial charge in [0.15, 0.2) is 5.78 Å².